The summed E-state index contributed by atoms with van der Waals surface area (Å²) in [6.45, 7) is 2.02. The molecule has 0 radical (unpaired) electrons. The van der Waals surface area contributed by atoms with Gasteiger partial charge in [0.25, 0.3) is 5.91 Å². The van der Waals surface area contributed by atoms with Crippen molar-refractivity contribution in [2.75, 3.05) is 11.9 Å². The van der Waals surface area contributed by atoms with Crippen LogP contribution in [0.15, 0.2) is 46.4 Å². The summed E-state index contributed by atoms with van der Waals surface area (Å²) < 4.78 is 6.03. The predicted octanol–water partition coefficient (Wildman–Crippen LogP) is 4.97. The SMILES string of the molecule is C#CCOc1ccc(/C=C(/C#N)C(=O)Nc2ccc(C)c(Cl)c2)cc1Br. The number of anilines is 1. The Morgan fingerprint density at radius 1 is 1.38 bits per heavy atom. The van der Waals surface area contributed by atoms with E-state index in [-0.39, 0.29) is 12.2 Å². The first-order valence-electron chi connectivity index (χ1n) is 7.49. The van der Waals surface area contributed by atoms with Gasteiger partial charge in [0, 0.05) is 10.7 Å². The molecule has 2 rings (SSSR count). The monoisotopic (exact) mass is 428 g/mol. The molecule has 0 saturated carbocycles. The molecule has 0 aliphatic rings. The number of hydrogen-bond donors (Lipinski definition) is 1. The van der Waals surface area contributed by atoms with Gasteiger partial charge >= 0.3 is 0 Å². The fourth-order valence-corrected chi connectivity index (χ4v) is 2.72. The molecule has 0 aliphatic heterocycles. The first kappa shape index (κ1) is 19.6. The summed E-state index contributed by atoms with van der Waals surface area (Å²) in [5.41, 5.74) is 2.05. The van der Waals surface area contributed by atoms with E-state index in [1.54, 1.807) is 36.4 Å². The average Bonchev–Trinajstić information content (AvgIpc) is 2.62. The molecule has 0 fully saturated rings. The molecule has 2 aromatic carbocycles. The van der Waals surface area contributed by atoms with Gasteiger partial charge in [-0.15, -0.1) is 6.42 Å². The van der Waals surface area contributed by atoms with E-state index in [2.05, 4.69) is 27.2 Å². The number of ether oxygens (including phenoxy) is 1. The zero-order valence-electron chi connectivity index (χ0n) is 13.8. The van der Waals surface area contributed by atoms with Crippen molar-refractivity contribution in [1.82, 2.24) is 0 Å². The van der Waals surface area contributed by atoms with Crippen molar-refractivity contribution in [2.45, 2.75) is 6.92 Å². The van der Waals surface area contributed by atoms with Crippen molar-refractivity contribution >= 4 is 45.2 Å². The first-order chi connectivity index (χ1) is 12.4. The number of aryl methyl sites for hydroxylation is 1. The number of nitrogens with one attached hydrogen (secondary N) is 1. The van der Waals surface area contributed by atoms with E-state index < -0.39 is 5.91 Å². The lowest BCUT2D eigenvalue weighted by atomic mass is 10.1. The number of benzene rings is 2. The van der Waals surface area contributed by atoms with Gasteiger partial charge < -0.3 is 10.1 Å². The van der Waals surface area contributed by atoms with Gasteiger partial charge in [0.15, 0.2) is 0 Å². The van der Waals surface area contributed by atoms with Crippen LogP contribution in [0.3, 0.4) is 0 Å². The van der Waals surface area contributed by atoms with E-state index in [9.17, 15) is 10.1 Å². The Bertz CT molecular complexity index is 955. The summed E-state index contributed by atoms with van der Waals surface area (Å²) in [7, 11) is 0. The second-order valence-electron chi connectivity index (χ2n) is 5.27. The molecule has 2 aromatic rings. The second kappa shape index (κ2) is 9.10. The molecule has 130 valence electrons. The third-order valence-electron chi connectivity index (χ3n) is 3.37. The van der Waals surface area contributed by atoms with E-state index in [0.717, 1.165) is 5.56 Å². The molecule has 6 heteroatoms. The number of carbonyl (C=O) groups excluding carboxylic acids is 1. The van der Waals surface area contributed by atoms with E-state index in [1.807, 2.05) is 13.0 Å². The molecule has 0 atom stereocenters. The second-order valence-corrected chi connectivity index (χ2v) is 6.53. The van der Waals surface area contributed by atoms with Crippen LogP contribution in [0, 0.1) is 30.6 Å². The molecule has 1 N–H and O–H groups in total. The maximum Gasteiger partial charge on any atom is 0.266 e. The maximum absolute atomic E-state index is 12.3. The zero-order chi connectivity index (χ0) is 19.1. The van der Waals surface area contributed by atoms with E-state index in [4.69, 9.17) is 22.8 Å². The summed E-state index contributed by atoms with van der Waals surface area (Å²) in [5.74, 6) is 2.45. The Kier molecular flexibility index (Phi) is 6.86. The Hall–Kier alpha value is -2.73. The highest BCUT2D eigenvalue weighted by Gasteiger charge is 2.11. The molecule has 0 spiro atoms. The van der Waals surface area contributed by atoms with Gasteiger partial charge in [-0.05, 0) is 64.3 Å². The van der Waals surface area contributed by atoms with Crippen LogP contribution >= 0.6 is 27.5 Å². The van der Waals surface area contributed by atoms with E-state index in [1.165, 1.54) is 6.08 Å². The van der Waals surface area contributed by atoms with E-state index >= 15 is 0 Å². The van der Waals surface area contributed by atoms with Crippen molar-refractivity contribution in [2.24, 2.45) is 0 Å². The lowest BCUT2D eigenvalue weighted by Crippen LogP contribution is -2.13. The van der Waals surface area contributed by atoms with Crippen molar-refractivity contribution in [1.29, 1.82) is 5.26 Å². The van der Waals surface area contributed by atoms with Gasteiger partial charge in [0.1, 0.15) is 24.0 Å². The molecular weight excluding hydrogens is 416 g/mol. The minimum absolute atomic E-state index is 0.0362. The van der Waals surface area contributed by atoms with Gasteiger partial charge in [0.05, 0.1) is 4.47 Å². The molecule has 4 nitrogen and oxygen atoms in total. The molecule has 0 aliphatic carbocycles. The largest absolute Gasteiger partial charge is 0.480 e. The van der Waals surface area contributed by atoms with Crippen LogP contribution < -0.4 is 10.1 Å². The number of nitriles is 1. The zero-order valence-corrected chi connectivity index (χ0v) is 16.2. The molecule has 0 unspecified atom stereocenters. The van der Waals surface area contributed by atoms with Crippen LogP contribution in [0.1, 0.15) is 11.1 Å². The Morgan fingerprint density at radius 2 is 2.15 bits per heavy atom. The minimum Gasteiger partial charge on any atom is -0.480 e. The van der Waals surface area contributed by atoms with Crippen LogP contribution in [-0.4, -0.2) is 12.5 Å². The standard InChI is InChI=1S/C20H14BrClN2O2/c1-3-8-26-19-7-5-14(10-17(19)21)9-15(12-23)20(25)24-16-6-4-13(2)18(22)11-16/h1,4-7,9-11H,8H2,2H3,(H,24,25)/b15-9-. The van der Waals surface area contributed by atoms with Crippen molar-refractivity contribution in [3.63, 3.8) is 0 Å². The lowest BCUT2D eigenvalue weighted by Gasteiger charge is -2.07. The molecule has 0 bridgehead atoms. The smallest absolute Gasteiger partial charge is 0.266 e. The van der Waals surface area contributed by atoms with Gasteiger partial charge in [-0.3, -0.25) is 4.79 Å². The third kappa shape index (κ3) is 5.13. The van der Waals surface area contributed by atoms with Crippen LogP contribution in [0.5, 0.6) is 5.75 Å². The highest BCUT2D eigenvalue weighted by molar-refractivity contribution is 9.10. The molecule has 0 aromatic heterocycles. The number of carbonyl (C=O) groups is 1. The molecule has 26 heavy (non-hydrogen) atoms. The molecule has 0 heterocycles. The average molecular weight is 430 g/mol. The maximum atomic E-state index is 12.3. The number of rotatable bonds is 5. The molecule has 1 amide bonds. The van der Waals surface area contributed by atoms with Crippen LogP contribution in [0.4, 0.5) is 5.69 Å². The number of hydrogen-bond acceptors (Lipinski definition) is 3. The van der Waals surface area contributed by atoms with Gasteiger partial charge in [0.2, 0.25) is 0 Å². The Morgan fingerprint density at radius 3 is 2.77 bits per heavy atom. The summed E-state index contributed by atoms with van der Waals surface area (Å²) in [6, 6.07) is 12.2. The number of halogens is 2. The fraction of sp³-hybridized carbons (Fsp3) is 0.100. The summed E-state index contributed by atoms with van der Waals surface area (Å²) in [6.07, 6.45) is 6.65. The van der Waals surface area contributed by atoms with Crippen molar-refractivity contribution in [3.05, 3.63) is 62.6 Å². The fourth-order valence-electron chi connectivity index (χ4n) is 2.03. The third-order valence-corrected chi connectivity index (χ3v) is 4.40. The van der Waals surface area contributed by atoms with Gasteiger partial charge in [-0.2, -0.15) is 5.26 Å². The Labute approximate surface area is 165 Å². The van der Waals surface area contributed by atoms with Crippen molar-refractivity contribution < 1.29 is 9.53 Å². The van der Waals surface area contributed by atoms with Crippen LogP contribution in [-0.2, 0) is 4.79 Å². The quantitative estimate of drug-likeness (QED) is 0.415. The summed E-state index contributed by atoms with van der Waals surface area (Å²) in [4.78, 5) is 12.3. The summed E-state index contributed by atoms with van der Waals surface area (Å²) >= 11 is 9.42. The first-order valence-corrected chi connectivity index (χ1v) is 8.67. The minimum atomic E-state index is -0.517. The number of terminal acetylenes is 1. The normalized spacial score (nSPS) is 10.6. The van der Waals surface area contributed by atoms with E-state index in [0.29, 0.717) is 26.5 Å². The molecular formula is C20H14BrClN2O2. The van der Waals surface area contributed by atoms with Crippen LogP contribution in [0.2, 0.25) is 5.02 Å². The Balaban J connectivity index is 2.20. The van der Waals surface area contributed by atoms with Gasteiger partial charge in [-0.1, -0.05) is 29.7 Å². The topological polar surface area (TPSA) is 62.1 Å². The predicted molar refractivity (Wildman–Crippen MR) is 107 cm³/mol. The van der Waals surface area contributed by atoms with Crippen molar-refractivity contribution in [3.8, 4) is 24.2 Å². The summed E-state index contributed by atoms with van der Waals surface area (Å²) in [5, 5.41) is 12.5. The number of amides is 1. The highest BCUT2D eigenvalue weighted by Crippen LogP contribution is 2.27. The molecule has 0 saturated heterocycles. The van der Waals surface area contributed by atoms with Gasteiger partial charge in [-0.25, -0.2) is 0 Å². The highest BCUT2D eigenvalue weighted by atomic mass is 79.9. The number of nitrogens with zero attached hydrogens (tertiary/aromatic N) is 1. The lowest BCUT2D eigenvalue weighted by molar-refractivity contribution is -0.112. The van der Waals surface area contributed by atoms with Crippen LogP contribution in [0.25, 0.3) is 6.08 Å².